The maximum atomic E-state index is 9.85. The van der Waals surface area contributed by atoms with Crippen molar-refractivity contribution in [2.75, 3.05) is 0 Å². The van der Waals surface area contributed by atoms with Crippen LogP contribution >= 0.6 is 11.6 Å². The molecule has 1 aromatic rings. The van der Waals surface area contributed by atoms with Crippen LogP contribution in [0.5, 0.6) is 0 Å². The minimum absolute atomic E-state index is 0.244. The van der Waals surface area contributed by atoms with Gasteiger partial charge in [-0.1, -0.05) is 32.4 Å². The second-order valence-electron chi connectivity index (χ2n) is 5.01. The van der Waals surface area contributed by atoms with E-state index in [4.69, 9.17) is 11.6 Å². The molecule has 1 unspecified atom stereocenters. The van der Waals surface area contributed by atoms with Gasteiger partial charge in [-0.25, -0.2) is 0 Å². The van der Waals surface area contributed by atoms with E-state index in [1.54, 1.807) is 0 Å². The summed E-state index contributed by atoms with van der Waals surface area (Å²) in [6.07, 6.45) is 2.99. The lowest BCUT2D eigenvalue weighted by atomic mass is 10.0. The summed E-state index contributed by atoms with van der Waals surface area (Å²) in [5.74, 6) is 0.526. The average molecular weight is 259 g/mol. The van der Waals surface area contributed by atoms with Crippen LogP contribution in [0, 0.1) is 5.92 Å². The van der Waals surface area contributed by atoms with E-state index in [9.17, 15) is 5.11 Å². The summed E-state index contributed by atoms with van der Waals surface area (Å²) in [7, 11) is 1.91. The van der Waals surface area contributed by atoms with Crippen molar-refractivity contribution in [2.45, 2.75) is 52.6 Å². The van der Waals surface area contributed by atoms with Crippen molar-refractivity contribution in [3.05, 3.63) is 16.4 Å². The van der Waals surface area contributed by atoms with Crippen molar-refractivity contribution in [1.29, 1.82) is 0 Å². The average Bonchev–Trinajstić information content (AvgIpc) is 2.50. The minimum Gasteiger partial charge on any atom is -0.393 e. The predicted molar refractivity (Wildman–Crippen MR) is 71.4 cm³/mol. The van der Waals surface area contributed by atoms with Crippen LogP contribution in [0.2, 0.25) is 5.02 Å². The number of halogens is 1. The Morgan fingerprint density at radius 3 is 2.53 bits per heavy atom. The standard InChI is InChI=1S/C13H23ClN2O/c1-5-11-13(14)12(16(4)15-11)7-6-10(17)8-9(2)3/h9-10,17H,5-8H2,1-4H3. The number of hydrogen-bond acceptors (Lipinski definition) is 2. The van der Waals surface area contributed by atoms with Gasteiger partial charge in [0.25, 0.3) is 0 Å². The number of rotatable bonds is 6. The smallest absolute Gasteiger partial charge is 0.0849 e. The van der Waals surface area contributed by atoms with Crippen molar-refractivity contribution in [2.24, 2.45) is 13.0 Å². The number of aliphatic hydroxyl groups is 1. The van der Waals surface area contributed by atoms with Gasteiger partial charge in [0, 0.05) is 7.05 Å². The molecule has 3 nitrogen and oxygen atoms in total. The Bertz CT molecular complexity index is 361. The summed E-state index contributed by atoms with van der Waals surface area (Å²) in [5.41, 5.74) is 1.98. The molecule has 1 rings (SSSR count). The molecule has 0 aliphatic heterocycles. The molecule has 1 aromatic heterocycles. The number of hydrogen-bond donors (Lipinski definition) is 1. The highest BCUT2D eigenvalue weighted by Crippen LogP contribution is 2.23. The minimum atomic E-state index is -0.244. The van der Waals surface area contributed by atoms with E-state index in [2.05, 4.69) is 18.9 Å². The summed E-state index contributed by atoms with van der Waals surface area (Å²) in [4.78, 5) is 0. The van der Waals surface area contributed by atoms with Crippen LogP contribution < -0.4 is 0 Å². The summed E-state index contributed by atoms with van der Waals surface area (Å²) in [5, 5.41) is 15.0. The summed E-state index contributed by atoms with van der Waals surface area (Å²) >= 11 is 6.25. The fraction of sp³-hybridized carbons (Fsp3) is 0.769. The van der Waals surface area contributed by atoms with E-state index < -0.39 is 0 Å². The molecule has 4 heteroatoms. The van der Waals surface area contributed by atoms with Crippen LogP contribution in [0.1, 0.15) is 45.0 Å². The molecule has 0 saturated heterocycles. The number of aromatic nitrogens is 2. The Labute approximate surface area is 109 Å². The van der Waals surface area contributed by atoms with Crippen molar-refractivity contribution < 1.29 is 5.11 Å². The van der Waals surface area contributed by atoms with Crippen LogP contribution in [0.25, 0.3) is 0 Å². The number of aryl methyl sites for hydroxylation is 2. The molecular weight excluding hydrogens is 236 g/mol. The van der Waals surface area contributed by atoms with E-state index in [1.807, 2.05) is 18.7 Å². The molecule has 0 spiro atoms. The van der Waals surface area contributed by atoms with E-state index in [1.165, 1.54) is 0 Å². The SMILES string of the molecule is CCc1nn(C)c(CCC(O)CC(C)C)c1Cl. The van der Waals surface area contributed by atoms with Crippen LogP contribution in [-0.2, 0) is 19.9 Å². The first-order chi connectivity index (χ1) is 7.95. The molecule has 1 heterocycles. The largest absolute Gasteiger partial charge is 0.393 e. The molecular formula is C13H23ClN2O. The molecule has 1 atom stereocenters. The Kier molecular flexibility index (Phi) is 5.47. The first kappa shape index (κ1) is 14.5. The van der Waals surface area contributed by atoms with E-state index in [-0.39, 0.29) is 6.10 Å². The third-order valence-electron chi connectivity index (χ3n) is 2.96. The highest BCUT2D eigenvalue weighted by Gasteiger charge is 2.15. The van der Waals surface area contributed by atoms with Gasteiger partial charge >= 0.3 is 0 Å². The van der Waals surface area contributed by atoms with E-state index >= 15 is 0 Å². The second-order valence-corrected chi connectivity index (χ2v) is 5.38. The first-order valence-corrected chi connectivity index (χ1v) is 6.71. The van der Waals surface area contributed by atoms with Crippen molar-refractivity contribution in [1.82, 2.24) is 9.78 Å². The summed E-state index contributed by atoms with van der Waals surface area (Å²) in [6.45, 7) is 6.29. The van der Waals surface area contributed by atoms with Gasteiger partial charge in [0.15, 0.2) is 0 Å². The Balaban J connectivity index is 2.60. The monoisotopic (exact) mass is 258 g/mol. The van der Waals surface area contributed by atoms with Gasteiger partial charge in [0.2, 0.25) is 0 Å². The Morgan fingerprint density at radius 2 is 2.06 bits per heavy atom. The third kappa shape index (κ3) is 4.00. The molecule has 1 N–H and O–H groups in total. The molecule has 0 aliphatic carbocycles. The maximum absolute atomic E-state index is 9.85. The third-order valence-corrected chi connectivity index (χ3v) is 3.40. The highest BCUT2D eigenvalue weighted by molar-refractivity contribution is 6.31. The Morgan fingerprint density at radius 1 is 1.41 bits per heavy atom. The van der Waals surface area contributed by atoms with Gasteiger partial charge in [-0.15, -0.1) is 0 Å². The zero-order valence-corrected chi connectivity index (χ0v) is 12.0. The molecule has 0 radical (unpaired) electrons. The number of aliphatic hydroxyl groups excluding tert-OH is 1. The van der Waals surface area contributed by atoms with Crippen LogP contribution in [0.4, 0.5) is 0 Å². The molecule has 98 valence electrons. The lowest BCUT2D eigenvalue weighted by molar-refractivity contribution is 0.139. The zero-order chi connectivity index (χ0) is 13.0. The van der Waals surface area contributed by atoms with Crippen molar-refractivity contribution in [3.8, 4) is 0 Å². The molecule has 0 aliphatic rings. The number of nitrogens with zero attached hydrogens (tertiary/aromatic N) is 2. The van der Waals surface area contributed by atoms with Gasteiger partial charge in [0.05, 0.1) is 22.5 Å². The zero-order valence-electron chi connectivity index (χ0n) is 11.2. The van der Waals surface area contributed by atoms with E-state index in [0.717, 1.165) is 42.1 Å². The fourth-order valence-electron chi connectivity index (χ4n) is 2.06. The summed E-state index contributed by atoms with van der Waals surface area (Å²) in [6, 6.07) is 0. The molecule has 0 fully saturated rings. The van der Waals surface area contributed by atoms with Crippen LogP contribution in [0.3, 0.4) is 0 Å². The van der Waals surface area contributed by atoms with Crippen LogP contribution in [-0.4, -0.2) is 21.0 Å². The van der Waals surface area contributed by atoms with Crippen LogP contribution in [0.15, 0.2) is 0 Å². The molecule has 0 aromatic carbocycles. The second kappa shape index (κ2) is 6.41. The quantitative estimate of drug-likeness (QED) is 0.852. The van der Waals surface area contributed by atoms with Crippen molar-refractivity contribution >= 4 is 11.6 Å². The summed E-state index contributed by atoms with van der Waals surface area (Å²) < 4.78 is 1.84. The maximum Gasteiger partial charge on any atom is 0.0849 e. The molecule has 17 heavy (non-hydrogen) atoms. The Hall–Kier alpha value is -0.540. The van der Waals surface area contributed by atoms with Gasteiger partial charge in [-0.2, -0.15) is 5.10 Å². The lowest BCUT2D eigenvalue weighted by Gasteiger charge is -2.12. The molecule has 0 saturated carbocycles. The van der Waals surface area contributed by atoms with Gasteiger partial charge < -0.3 is 5.11 Å². The topological polar surface area (TPSA) is 38.0 Å². The highest BCUT2D eigenvalue weighted by atomic mass is 35.5. The molecule has 0 amide bonds. The first-order valence-electron chi connectivity index (χ1n) is 6.34. The van der Waals surface area contributed by atoms with Gasteiger partial charge in [-0.3, -0.25) is 4.68 Å². The lowest BCUT2D eigenvalue weighted by Crippen LogP contribution is -2.12. The van der Waals surface area contributed by atoms with Gasteiger partial charge in [-0.05, 0) is 31.6 Å². The fourth-order valence-corrected chi connectivity index (χ4v) is 2.44. The predicted octanol–water partition coefficient (Wildman–Crippen LogP) is 2.98. The van der Waals surface area contributed by atoms with E-state index in [0.29, 0.717) is 5.92 Å². The van der Waals surface area contributed by atoms with Crippen molar-refractivity contribution in [3.63, 3.8) is 0 Å². The normalized spacial score (nSPS) is 13.4. The van der Waals surface area contributed by atoms with Gasteiger partial charge in [0.1, 0.15) is 0 Å². The molecule has 0 bridgehead atoms.